The van der Waals surface area contributed by atoms with Gasteiger partial charge in [0.05, 0.1) is 29.1 Å². The third-order valence-electron chi connectivity index (χ3n) is 4.82. The Labute approximate surface area is 186 Å². The zero-order valence-corrected chi connectivity index (χ0v) is 17.9. The van der Waals surface area contributed by atoms with E-state index >= 15 is 0 Å². The van der Waals surface area contributed by atoms with E-state index in [9.17, 15) is 26.7 Å². The van der Waals surface area contributed by atoms with E-state index in [1.54, 1.807) is 13.0 Å². The Kier molecular flexibility index (Phi) is 6.99. The van der Waals surface area contributed by atoms with E-state index in [0.717, 1.165) is 6.07 Å². The zero-order valence-electron chi connectivity index (χ0n) is 17.9. The molecular weight excluding hydrogens is 447 g/mol. The van der Waals surface area contributed by atoms with E-state index in [0.29, 0.717) is 17.5 Å². The molecule has 1 amide bonds. The fourth-order valence-corrected chi connectivity index (χ4v) is 3.27. The van der Waals surface area contributed by atoms with Gasteiger partial charge in [-0.3, -0.25) is 4.79 Å². The molecule has 0 bridgehead atoms. The molecule has 2 aromatic heterocycles. The van der Waals surface area contributed by atoms with Gasteiger partial charge in [-0.1, -0.05) is 26.0 Å². The van der Waals surface area contributed by atoms with Crippen molar-refractivity contribution in [3.8, 4) is 11.6 Å². The number of carbonyl (C=O) groups is 1. The van der Waals surface area contributed by atoms with E-state index in [1.807, 2.05) is 13.8 Å². The molecule has 1 N–H and O–H groups in total. The number of halogens is 5. The van der Waals surface area contributed by atoms with Gasteiger partial charge in [0, 0.05) is 6.20 Å². The number of nitrogens with zero attached hydrogens (tertiary/aromatic N) is 3. The number of benzene rings is 1. The maximum atomic E-state index is 13.0. The van der Waals surface area contributed by atoms with Gasteiger partial charge in [0.2, 0.25) is 0 Å². The summed E-state index contributed by atoms with van der Waals surface area (Å²) in [6, 6.07) is 7.49. The molecule has 3 aromatic rings. The molecule has 0 aliphatic carbocycles. The van der Waals surface area contributed by atoms with Crippen LogP contribution in [-0.2, 0) is 6.18 Å². The maximum absolute atomic E-state index is 13.0. The molecule has 176 valence electrons. The monoisotopic (exact) mass is 468 g/mol. The quantitative estimate of drug-likeness (QED) is 0.465. The highest BCUT2D eigenvalue weighted by Gasteiger charge is 2.31. The molecule has 2 heterocycles. The van der Waals surface area contributed by atoms with Gasteiger partial charge in [-0.2, -0.15) is 27.1 Å². The molecule has 0 saturated carbocycles. The Morgan fingerprint density at radius 3 is 2.39 bits per heavy atom. The van der Waals surface area contributed by atoms with Gasteiger partial charge in [-0.25, -0.2) is 9.67 Å². The second-order valence-electron chi connectivity index (χ2n) is 7.56. The SMILES string of the molecule is CC(C)c1c(C(=O)NC(C)c2cccc(OC(F)F)c2)cnn1-c1ccc(C(F)(F)F)cn1. The van der Waals surface area contributed by atoms with E-state index in [-0.39, 0.29) is 23.0 Å². The average molecular weight is 468 g/mol. The summed E-state index contributed by atoms with van der Waals surface area (Å²) < 4.78 is 69.1. The van der Waals surface area contributed by atoms with Crippen LogP contribution in [0.3, 0.4) is 0 Å². The van der Waals surface area contributed by atoms with Crippen molar-refractivity contribution in [3.05, 3.63) is 71.2 Å². The first-order valence-corrected chi connectivity index (χ1v) is 9.94. The van der Waals surface area contributed by atoms with Crippen LogP contribution < -0.4 is 10.1 Å². The summed E-state index contributed by atoms with van der Waals surface area (Å²) in [7, 11) is 0. The van der Waals surface area contributed by atoms with Crippen molar-refractivity contribution in [3.63, 3.8) is 0 Å². The minimum absolute atomic E-state index is 0.0346. The van der Waals surface area contributed by atoms with Gasteiger partial charge in [0.1, 0.15) is 5.75 Å². The van der Waals surface area contributed by atoms with Crippen molar-refractivity contribution in [2.75, 3.05) is 0 Å². The highest BCUT2D eigenvalue weighted by molar-refractivity contribution is 5.95. The Balaban J connectivity index is 1.85. The van der Waals surface area contributed by atoms with Crippen LogP contribution in [0.5, 0.6) is 5.75 Å². The third kappa shape index (κ3) is 5.65. The van der Waals surface area contributed by atoms with E-state index in [4.69, 9.17) is 0 Å². The lowest BCUT2D eigenvalue weighted by molar-refractivity contribution is -0.137. The number of nitrogens with one attached hydrogen (secondary N) is 1. The number of rotatable bonds is 7. The lowest BCUT2D eigenvalue weighted by atomic mass is 10.0. The number of carbonyl (C=O) groups excluding carboxylic acids is 1. The summed E-state index contributed by atoms with van der Waals surface area (Å²) in [5.41, 5.74) is 0.332. The minimum atomic E-state index is -4.52. The Bertz CT molecular complexity index is 1110. The summed E-state index contributed by atoms with van der Waals surface area (Å²) in [4.78, 5) is 16.8. The molecule has 1 atom stereocenters. The fourth-order valence-electron chi connectivity index (χ4n) is 3.27. The third-order valence-corrected chi connectivity index (χ3v) is 4.82. The number of ether oxygens (including phenoxy) is 1. The van der Waals surface area contributed by atoms with Crippen molar-refractivity contribution in [2.24, 2.45) is 0 Å². The van der Waals surface area contributed by atoms with Crippen LogP contribution in [0.1, 0.15) is 59.9 Å². The number of aromatic nitrogens is 3. The lowest BCUT2D eigenvalue weighted by Crippen LogP contribution is -2.27. The highest BCUT2D eigenvalue weighted by Crippen LogP contribution is 2.30. The lowest BCUT2D eigenvalue weighted by Gasteiger charge is -2.17. The second kappa shape index (κ2) is 9.55. The van der Waals surface area contributed by atoms with Crippen LogP contribution in [0, 0.1) is 0 Å². The molecule has 3 rings (SSSR count). The minimum Gasteiger partial charge on any atom is -0.435 e. The van der Waals surface area contributed by atoms with Crippen molar-refractivity contribution in [1.82, 2.24) is 20.1 Å². The van der Waals surface area contributed by atoms with Gasteiger partial charge in [-0.05, 0) is 42.7 Å². The van der Waals surface area contributed by atoms with Crippen LogP contribution >= 0.6 is 0 Å². The summed E-state index contributed by atoms with van der Waals surface area (Å²) >= 11 is 0. The molecule has 6 nitrogen and oxygen atoms in total. The number of alkyl halides is 5. The Hall–Kier alpha value is -3.50. The Morgan fingerprint density at radius 1 is 1.09 bits per heavy atom. The second-order valence-corrected chi connectivity index (χ2v) is 7.56. The zero-order chi connectivity index (χ0) is 24.3. The molecule has 11 heteroatoms. The summed E-state index contributed by atoms with van der Waals surface area (Å²) in [5, 5.41) is 6.93. The average Bonchev–Trinajstić information content (AvgIpc) is 3.18. The van der Waals surface area contributed by atoms with Crippen molar-refractivity contribution in [1.29, 1.82) is 0 Å². The largest absolute Gasteiger partial charge is 0.435 e. The van der Waals surface area contributed by atoms with E-state index < -0.39 is 30.3 Å². The molecule has 33 heavy (non-hydrogen) atoms. The smallest absolute Gasteiger partial charge is 0.417 e. The van der Waals surface area contributed by atoms with Crippen LogP contribution in [-0.4, -0.2) is 27.3 Å². The van der Waals surface area contributed by atoms with Crippen LogP contribution in [0.15, 0.2) is 48.8 Å². The normalized spacial score (nSPS) is 12.8. The molecule has 0 saturated heterocycles. The van der Waals surface area contributed by atoms with Crippen molar-refractivity contribution < 1.29 is 31.5 Å². The maximum Gasteiger partial charge on any atom is 0.417 e. The van der Waals surface area contributed by atoms with E-state index in [2.05, 4.69) is 20.1 Å². The number of amides is 1. The van der Waals surface area contributed by atoms with Gasteiger partial charge in [-0.15, -0.1) is 0 Å². The van der Waals surface area contributed by atoms with Crippen molar-refractivity contribution >= 4 is 5.91 Å². The number of hydrogen-bond acceptors (Lipinski definition) is 4. The molecule has 0 spiro atoms. The topological polar surface area (TPSA) is 69.0 Å². The van der Waals surface area contributed by atoms with Crippen LogP contribution in [0.25, 0.3) is 5.82 Å². The molecule has 1 aromatic carbocycles. The van der Waals surface area contributed by atoms with Gasteiger partial charge >= 0.3 is 12.8 Å². The first-order chi connectivity index (χ1) is 15.5. The Morgan fingerprint density at radius 2 is 1.82 bits per heavy atom. The molecule has 0 fully saturated rings. The fraction of sp³-hybridized carbons (Fsp3) is 0.318. The standard InChI is InChI=1S/C22H21F5N4O2/c1-12(2)19-17(11-29-31(19)18-8-7-15(10-28-18)22(25,26)27)20(32)30-13(3)14-5-4-6-16(9-14)33-21(23)24/h4-13,21H,1-3H3,(H,30,32). The molecule has 0 aliphatic heterocycles. The predicted octanol–water partition coefficient (Wildman–Crippen LogP) is 5.50. The first kappa shape index (κ1) is 24.1. The van der Waals surface area contributed by atoms with Gasteiger partial charge < -0.3 is 10.1 Å². The molecule has 1 unspecified atom stereocenters. The first-order valence-electron chi connectivity index (χ1n) is 9.94. The van der Waals surface area contributed by atoms with Crippen molar-refractivity contribution in [2.45, 2.75) is 45.5 Å². The molecular formula is C22H21F5N4O2. The number of hydrogen-bond donors (Lipinski definition) is 1. The number of pyridine rings is 1. The molecule has 0 radical (unpaired) electrons. The van der Waals surface area contributed by atoms with Crippen LogP contribution in [0.4, 0.5) is 22.0 Å². The van der Waals surface area contributed by atoms with E-state index in [1.165, 1.54) is 35.1 Å². The highest BCUT2D eigenvalue weighted by atomic mass is 19.4. The summed E-state index contributed by atoms with van der Waals surface area (Å²) in [6.45, 7) is 2.32. The van der Waals surface area contributed by atoms with Gasteiger partial charge in [0.25, 0.3) is 5.91 Å². The van der Waals surface area contributed by atoms with Gasteiger partial charge in [0.15, 0.2) is 5.82 Å². The summed E-state index contributed by atoms with van der Waals surface area (Å²) in [6.07, 6.45) is -2.50. The predicted molar refractivity (Wildman–Crippen MR) is 109 cm³/mol. The van der Waals surface area contributed by atoms with Crippen LogP contribution in [0.2, 0.25) is 0 Å². The molecule has 0 aliphatic rings. The summed E-state index contributed by atoms with van der Waals surface area (Å²) in [5.74, 6) is -0.594.